The third kappa shape index (κ3) is 3.07. The zero-order chi connectivity index (χ0) is 15.6. The standard InChI is InChI=1S/C16H24N4O3/c21-16(17-12-3-1-5-19-6-2-4-13(12)19)14-11-15(18-23-14)20-7-9-22-10-8-20/h11-13H,1-10H2,(H,17,21)/t12-,13-/m0/s1. The summed E-state index contributed by atoms with van der Waals surface area (Å²) in [5.74, 6) is 0.891. The predicted octanol–water partition coefficient (Wildman–Crippen LogP) is 0.868. The number of morpholine rings is 1. The first-order valence-electron chi connectivity index (χ1n) is 8.65. The Hall–Kier alpha value is -1.60. The largest absolute Gasteiger partial charge is 0.378 e. The van der Waals surface area contributed by atoms with Crippen LogP contribution in [-0.2, 0) is 4.74 Å². The van der Waals surface area contributed by atoms with Gasteiger partial charge in [-0.15, -0.1) is 0 Å². The number of aromatic nitrogens is 1. The van der Waals surface area contributed by atoms with Crippen molar-refractivity contribution in [3.63, 3.8) is 0 Å². The third-order valence-electron chi connectivity index (χ3n) is 5.21. The van der Waals surface area contributed by atoms with Crippen LogP contribution in [0.25, 0.3) is 0 Å². The molecule has 3 fully saturated rings. The van der Waals surface area contributed by atoms with Gasteiger partial charge in [0, 0.05) is 31.2 Å². The molecule has 0 bridgehead atoms. The van der Waals surface area contributed by atoms with E-state index < -0.39 is 0 Å². The molecule has 23 heavy (non-hydrogen) atoms. The molecule has 7 heteroatoms. The van der Waals surface area contributed by atoms with E-state index in [1.54, 1.807) is 6.07 Å². The number of amides is 1. The van der Waals surface area contributed by atoms with Gasteiger partial charge in [0.2, 0.25) is 5.76 Å². The lowest BCUT2D eigenvalue weighted by molar-refractivity contribution is 0.0832. The van der Waals surface area contributed by atoms with Crippen molar-refractivity contribution in [3.05, 3.63) is 11.8 Å². The summed E-state index contributed by atoms with van der Waals surface area (Å²) in [7, 11) is 0. The molecular weight excluding hydrogens is 296 g/mol. The average molecular weight is 320 g/mol. The molecular formula is C16H24N4O3. The van der Waals surface area contributed by atoms with Crippen LogP contribution in [0.5, 0.6) is 0 Å². The Kier molecular flexibility index (Phi) is 4.22. The second kappa shape index (κ2) is 6.49. The summed E-state index contributed by atoms with van der Waals surface area (Å²) in [4.78, 5) is 17.1. The molecule has 3 aliphatic heterocycles. The molecule has 0 radical (unpaired) electrons. The first kappa shape index (κ1) is 15.0. The van der Waals surface area contributed by atoms with E-state index >= 15 is 0 Å². The van der Waals surface area contributed by atoms with Gasteiger partial charge in [-0.25, -0.2) is 0 Å². The fraction of sp³-hybridized carbons (Fsp3) is 0.750. The van der Waals surface area contributed by atoms with E-state index in [1.165, 1.54) is 25.9 Å². The minimum absolute atomic E-state index is 0.143. The molecule has 0 aliphatic carbocycles. The fourth-order valence-electron chi connectivity index (χ4n) is 4.01. The Bertz CT molecular complexity index is 555. The maximum absolute atomic E-state index is 12.5. The molecule has 2 atom stereocenters. The zero-order valence-corrected chi connectivity index (χ0v) is 13.4. The van der Waals surface area contributed by atoms with Crippen LogP contribution in [0.4, 0.5) is 5.82 Å². The quantitative estimate of drug-likeness (QED) is 0.891. The SMILES string of the molecule is O=C(N[C@H]1CCCN2CCC[C@@H]12)c1cc(N2CCOCC2)no1. The highest BCUT2D eigenvalue weighted by atomic mass is 16.5. The van der Waals surface area contributed by atoms with E-state index in [0.29, 0.717) is 25.0 Å². The van der Waals surface area contributed by atoms with Crippen LogP contribution in [0, 0.1) is 0 Å². The van der Waals surface area contributed by atoms with Crippen molar-refractivity contribution >= 4 is 11.7 Å². The van der Waals surface area contributed by atoms with Crippen LogP contribution in [0.3, 0.4) is 0 Å². The van der Waals surface area contributed by atoms with E-state index in [1.807, 2.05) is 0 Å². The number of nitrogens with one attached hydrogen (secondary N) is 1. The number of hydrogen-bond donors (Lipinski definition) is 1. The summed E-state index contributed by atoms with van der Waals surface area (Å²) in [6.45, 7) is 5.28. The number of piperidine rings is 1. The van der Waals surface area contributed by atoms with Crippen LogP contribution >= 0.6 is 0 Å². The van der Waals surface area contributed by atoms with Gasteiger partial charge in [-0.1, -0.05) is 5.16 Å². The molecule has 3 aliphatic rings. The normalized spacial score (nSPS) is 28.6. The highest BCUT2D eigenvalue weighted by Crippen LogP contribution is 2.27. The molecule has 7 nitrogen and oxygen atoms in total. The minimum Gasteiger partial charge on any atom is -0.378 e. The molecule has 0 saturated carbocycles. The molecule has 0 unspecified atom stereocenters. The van der Waals surface area contributed by atoms with E-state index in [4.69, 9.17) is 9.26 Å². The third-order valence-corrected chi connectivity index (χ3v) is 5.21. The van der Waals surface area contributed by atoms with Gasteiger partial charge in [-0.3, -0.25) is 9.69 Å². The van der Waals surface area contributed by atoms with Crippen molar-refractivity contribution in [2.45, 2.75) is 37.8 Å². The van der Waals surface area contributed by atoms with Crippen molar-refractivity contribution in [1.82, 2.24) is 15.4 Å². The topological polar surface area (TPSA) is 70.8 Å². The second-order valence-corrected chi connectivity index (χ2v) is 6.62. The van der Waals surface area contributed by atoms with E-state index in [-0.39, 0.29) is 11.9 Å². The summed E-state index contributed by atoms with van der Waals surface area (Å²) < 4.78 is 10.6. The Morgan fingerprint density at radius 1 is 1.17 bits per heavy atom. The minimum atomic E-state index is -0.143. The number of anilines is 1. The van der Waals surface area contributed by atoms with Gasteiger partial charge < -0.3 is 19.5 Å². The van der Waals surface area contributed by atoms with Crippen LogP contribution in [0.15, 0.2) is 10.6 Å². The molecule has 1 amide bonds. The summed E-state index contributed by atoms with van der Waals surface area (Å²) in [5, 5.41) is 7.21. The Morgan fingerprint density at radius 2 is 1.96 bits per heavy atom. The van der Waals surface area contributed by atoms with Gasteiger partial charge in [0.05, 0.1) is 13.2 Å². The molecule has 126 valence electrons. The van der Waals surface area contributed by atoms with Gasteiger partial charge in [0.1, 0.15) is 0 Å². The van der Waals surface area contributed by atoms with Crippen LogP contribution in [0.1, 0.15) is 36.2 Å². The fourth-order valence-corrected chi connectivity index (χ4v) is 4.01. The van der Waals surface area contributed by atoms with E-state index in [2.05, 4.69) is 20.3 Å². The number of carbonyl (C=O) groups excluding carboxylic acids is 1. The van der Waals surface area contributed by atoms with Crippen molar-refractivity contribution in [3.8, 4) is 0 Å². The molecule has 1 aromatic rings. The predicted molar refractivity (Wildman–Crippen MR) is 84.6 cm³/mol. The van der Waals surface area contributed by atoms with Gasteiger partial charge in [0.15, 0.2) is 5.82 Å². The molecule has 0 aromatic carbocycles. The smallest absolute Gasteiger partial charge is 0.290 e. The molecule has 4 rings (SSSR count). The van der Waals surface area contributed by atoms with E-state index in [0.717, 1.165) is 31.7 Å². The van der Waals surface area contributed by atoms with Gasteiger partial charge in [-0.05, 0) is 38.8 Å². The zero-order valence-electron chi connectivity index (χ0n) is 13.4. The summed E-state index contributed by atoms with van der Waals surface area (Å²) in [5.41, 5.74) is 0. The number of nitrogens with zero attached hydrogens (tertiary/aromatic N) is 3. The Labute approximate surface area is 135 Å². The molecule has 4 heterocycles. The van der Waals surface area contributed by atoms with Crippen molar-refractivity contribution < 1.29 is 14.1 Å². The van der Waals surface area contributed by atoms with Crippen molar-refractivity contribution in [2.24, 2.45) is 0 Å². The number of carbonyl (C=O) groups is 1. The van der Waals surface area contributed by atoms with Crippen LogP contribution in [-0.4, -0.2) is 67.4 Å². The average Bonchev–Trinajstić information content (AvgIpc) is 3.25. The number of rotatable bonds is 3. The van der Waals surface area contributed by atoms with Gasteiger partial charge in [0.25, 0.3) is 5.91 Å². The highest BCUT2D eigenvalue weighted by molar-refractivity contribution is 5.92. The first-order chi connectivity index (χ1) is 11.3. The summed E-state index contributed by atoms with van der Waals surface area (Å²) in [6, 6.07) is 2.47. The second-order valence-electron chi connectivity index (χ2n) is 6.62. The summed E-state index contributed by atoms with van der Waals surface area (Å²) in [6.07, 6.45) is 4.62. The van der Waals surface area contributed by atoms with Crippen molar-refractivity contribution in [2.75, 3.05) is 44.3 Å². The lowest BCUT2D eigenvalue weighted by atomic mass is 9.96. The van der Waals surface area contributed by atoms with Gasteiger partial charge >= 0.3 is 0 Å². The lowest BCUT2D eigenvalue weighted by Gasteiger charge is -2.36. The monoisotopic (exact) mass is 320 g/mol. The van der Waals surface area contributed by atoms with Crippen LogP contribution in [0.2, 0.25) is 0 Å². The van der Waals surface area contributed by atoms with Crippen molar-refractivity contribution in [1.29, 1.82) is 0 Å². The maximum Gasteiger partial charge on any atom is 0.290 e. The number of fused-ring (bicyclic) bond motifs is 1. The summed E-state index contributed by atoms with van der Waals surface area (Å²) >= 11 is 0. The molecule has 0 spiro atoms. The molecule has 1 aromatic heterocycles. The Morgan fingerprint density at radius 3 is 2.78 bits per heavy atom. The number of ether oxygens (including phenoxy) is 1. The number of hydrogen-bond acceptors (Lipinski definition) is 6. The Balaban J connectivity index is 1.40. The highest BCUT2D eigenvalue weighted by Gasteiger charge is 2.36. The first-order valence-corrected chi connectivity index (χ1v) is 8.65. The van der Waals surface area contributed by atoms with Gasteiger partial charge in [-0.2, -0.15) is 0 Å². The molecule has 1 N–H and O–H groups in total. The molecule has 3 saturated heterocycles. The van der Waals surface area contributed by atoms with Crippen LogP contribution < -0.4 is 10.2 Å². The maximum atomic E-state index is 12.5. The lowest BCUT2D eigenvalue weighted by Crippen LogP contribution is -2.52. The van der Waals surface area contributed by atoms with E-state index in [9.17, 15) is 4.79 Å².